The molecule has 2 aromatic rings. The van der Waals surface area contributed by atoms with E-state index in [-0.39, 0.29) is 5.75 Å². The maximum absolute atomic E-state index is 10.5. The first kappa shape index (κ1) is 10.5. The molecule has 0 aliphatic rings. The summed E-state index contributed by atoms with van der Waals surface area (Å²) in [6, 6.07) is 14.6. The zero-order valence-electron chi connectivity index (χ0n) is 14.0. The topological polar surface area (TPSA) is 35.5 Å². The summed E-state index contributed by atoms with van der Waals surface area (Å²) in [5, 5.41) is 0. The smallest absolute Gasteiger partial charge is 0.161 e. The molecule has 0 amide bonds. The number of ether oxygens (including phenoxy) is 2. The molecule has 0 fully saturated rings. The van der Waals surface area contributed by atoms with Crippen molar-refractivity contribution in [2.75, 3.05) is 7.04 Å². The van der Waals surface area contributed by atoms with Crippen molar-refractivity contribution in [1.29, 1.82) is 0 Å². The van der Waals surface area contributed by atoms with Crippen LogP contribution in [0, 0.1) is 0 Å². The van der Waals surface area contributed by atoms with Gasteiger partial charge in [0.2, 0.25) is 0 Å². The Morgan fingerprint density at radius 2 is 1.95 bits per heavy atom. The fourth-order valence-electron chi connectivity index (χ4n) is 1.87. The molecule has 3 nitrogen and oxygen atoms in total. The van der Waals surface area contributed by atoms with Crippen molar-refractivity contribution in [1.82, 2.24) is 0 Å². The van der Waals surface area contributed by atoms with E-state index in [1.807, 2.05) is 30.3 Å². The molecule has 0 radical (unpaired) electrons. The monoisotopic (exact) mass is 273 g/mol. The third kappa shape index (κ3) is 3.85. The summed E-state index contributed by atoms with van der Waals surface area (Å²) in [5.74, 6) is 0.518. The normalized spacial score (nSPS) is 12.9. The van der Waals surface area contributed by atoms with Gasteiger partial charge in [0.25, 0.3) is 0 Å². The van der Waals surface area contributed by atoms with Gasteiger partial charge in [-0.3, -0.25) is 0 Å². The summed E-state index contributed by atoms with van der Waals surface area (Å²) < 4.78 is 32.4. The van der Waals surface area contributed by atoms with Gasteiger partial charge in [-0.05, 0) is 29.7 Å². The number of benzene rings is 2. The Morgan fingerprint density at radius 3 is 2.70 bits per heavy atom. The van der Waals surface area contributed by atoms with Gasteiger partial charge >= 0.3 is 0 Å². The lowest BCUT2D eigenvalue weighted by molar-refractivity contribution is -0.107. The van der Waals surface area contributed by atoms with Crippen LogP contribution in [0.4, 0.5) is 0 Å². The van der Waals surface area contributed by atoms with Crippen molar-refractivity contribution in [3.05, 3.63) is 59.7 Å². The molecule has 0 unspecified atom stereocenters. The largest absolute Gasteiger partial charge is 0.493 e. The van der Waals surface area contributed by atoms with Gasteiger partial charge < -0.3 is 14.3 Å². The Kier molecular flexibility index (Phi) is 3.85. The van der Waals surface area contributed by atoms with E-state index in [1.54, 1.807) is 18.2 Å². The second-order valence-corrected chi connectivity index (χ2v) is 4.36. The van der Waals surface area contributed by atoms with Gasteiger partial charge in [-0.2, -0.15) is 0 Å². The van der Waals surface area contributed by atoms with Gasteiger partial charge in [0.05, 0.1) is 11.2 Å². The molecule has 0 heterocycles. The van der Waals surface area contributed by atoms with E-state index < -0.39 is 7.04 Å². The van der Waals surface area contributed by atoms with Crippen molar-refractivity contribution in [2.45, 2.75) is 19.4 Å². The number of hydrogen-bond acceptors (Lipinski definition) is 3. The third-order valence-electron chi connectivity index (χ3n) is 2.91. The fraction of sp³-hybridized carbons (Fsp3) is 0.235. The Bertz CT molecular complexity index is 639. The average molecular weight is 273 g/mol. The molecule has 0 aliphatic heterocycles. The summed E-state index contributed by atoms with van der Waals surface area (Å²) in [4.78, 5) is 10.5. The zero-order chi connectivity index (χ0) is 16.7. The zero-order valence-corrected chi connectivity index (χ0v) is 11.0. The van der Waals surface area contributed by atoms with E-state index in [0.29, 0.717) is 25.2 Å². The Hall–Kier alpha value is -2.29. The molecule has 2 rings (SSSR count). The molecule has 0 N–H and O–H groups in total. The highest BCUT2D eigenvalue weighted by Gasteiger charge is 2.06. The lowest BCUT2D eigenvalue weighted by atomic mass is 10.1. The van der Waals surface area contributed by atoms with Crippen LogP contribution in [0.1, 0.15) is 21.7 Å². The summed E-state index contributed by atoms with van der Waals surface area (Å²) in [6.07, 6.45) is 1.81. The van der Waals surface area contributed by atoms with Crippen LogP contribution in [0.2, 0.25) is 0 Å². The highest BCUT2D eigenvalue weighted by atomic mass is 16.5. The van der Waals surface area contributed by atoms with Gasteiger partial charge in [0.15, 0.2) is 11.5 Å². The van der Waals surface area contributed by atoms with Crippen LogP contribution in [-0.4, -0.2) is 13.3 Å². The van der Waals surface area contributed by atoms with E-state index in [4.69, 9.17) is 13.6 Å². The van der Waals surface area contributed by atoms with Crippen LogP contribution >= 0.6 is 0 Å². The van der Waals surface area contributed by atoms with E-state index in [0.717, 1.165) is 17.4 Å². The quantitative estimate of drug-likeness (QED) is 0.725. The van der Waals surface area contributed by atoms with Crippen LogP contribution in [0.15, 0.2) is 48.5 Å². The van der Waals surface area contributed by atoms with Crippen LogP contribution in [0.5, 0.6) is 11.5 Å². The van der Waals surface area contributed by atoms with Crippen molar-refractivity contribution in [2.24, 2.45) is 0 Å². The van der Waals surface area contributed by atoms with E-state index >= 15 is 0 Å². The molecule has 0 saturated carbocycles. The maximum Gasteiger partial charge on any atom is 0.161 e. The fourth-order valence-corrected chi connectivity index (χ4v) is 1.87. The molecule has 0 bridgehead atoms. The first-order valence-corrected chi connectivity index (χ1v) is 6.40. The lowest BCUT2D eigenvalue weighted by Gasteiger charge is -2.12. The van der Waals surface area contributed by atoms with Gasteiger partial charge in [0, 0.05) is 6.42 Å². The summed E-state index contributed by atoms with van der Waals surface area (Å²) in [5.41, 5.74) is 1.85. The highest BCUT2D eigenvalue weighted by Crippen LogP contribution is 2.29. The summed E-state index contributed by atoms with van der Waals surface area (Å²) >= 11 is 0. The van der Waals surface area contributed by atoms with E-state index in [1.165, 1.54) is 0 Å². The summed E-state index contributed by atoms with van der Waals surface area (Å²) in [7, 11) is -2.55. The molecule has 0 atom stereocenters. The molecule has 0 saturated heterocycles. The minimum Gasteiger partial charge on any atom is -0.493 e. The minimum absolute atomic E-state index is 0.163. The van der Waals surface area contributed by atoms with Gasteiger partial charge in [-0.1, -0.05) is 36.4 Å². The van der Waals surface area contributed by atoms with Crippen molar-refractivity contribution < 1.29 is 18.4 Å². The van der Waals surface area contributed by atoms with Crippen LogP contribution in [0.25, 0.3) is 0 Å². The van der Waals surface area contributed by atoms with Crippen LogP contribution < -0.4 is 9.47 Å². The molecule has 0 aromatic heterocycles. The van der Waals surface area contributed by atoms with Gasteiger partial charge in [-0.15, -0.1) is 0 Å². The Morgan fingerprint density at radius 1 is 1.10 bits per heavy atom. The molecule has 0 aliphatic carbocycles. The second kappa shape index (κ2) is 7.34. The van der Waals surface area contributed by atoms with Gasteiger partial charge in [-0.25, -0.2) is 0 Å². The molecule has 3 heteroatoms. The number of aryl methyl sites for hydroxylation is 1. The van der Waals surface area contributed by atoms with E-state index in [9.17, 15) is 4.79 Å². The predicted octanol–water partition coefficient (Wildman–Crippen LogP) is 3.41. The molecule has 104 valence electrons. The van der Waals surface area contributed by atoms with Crippen molar-refractivity contribution in [3.63, 3.8) is 0 Å². The predicted molar refractivity (Wildman–Crippen MR) is 78.2 cm³/mol. The van der Waals surface area contributed by atoms with Crippen molar-refractivity contribution in [3.8, 4) is 11.5 Å². The molecule has 20 heavy (non-hydrogen) atoms. The molecule has 0 spiro atoms. The number of carbonyl (C=O) groups excluding carboxylic acids is 1. The number of rotatable bonds is 7. The number of carbonyl (C=O) groups is 1. The third-order valence-corrected chi connectivity index (χ3v) is 2.91. The lowest BCUT2D eigenvalue weighted by Crippen LogP contribution is -1.98. The number of methoxy groups -OCH3 is 1. The highest BCUT2D eigenvalue weighted by molar-refractivity contribution is 5.51. The number of aldehydes is 1. The Labute approximate surface area is 123 Å². The molecular formula is C17H18O3. The summed E-state index contributed by atoms with van der Waals surface area (Å²) in [6.45, 7) is 0.301. The van der Waals surface area contributed by atoms with Crippen LogP contribution in [-0.2, 0) is 17.8 Å². The Balaban J connectivity index is 2.18. The average Bonchev–Trinajstić information content (AvgIpc) is 2.52. The minimum atomic E-state index is -2.55. The second-order valence-electron chi connectivity index (χ2n) is 4.36. The SMILES string of the molecule is [2H]C([2H])([2H])Oc1ccc(CCC=O)cc1OCc1ccccc1. The first-order chi connectivity index (χ1) is 11.0. The van der Waals surface area contributed by atoms with Gasteiger partial charge in [0.1, 0.15) is 12.9 Å². The maximum atomic E-state index is 10.5. The first-order valence-electron chi connectivity index (χ1n) is 7.90. The van der Waals surface area contributed by atoms with Crippen molar-refractivity contribution >= 4 is 6.29 Å². The molecule has 2 aromatic carbocycles. The standard InChI is InChI=1S/C17H18O3/c1-19-16-10-9-14(8-5-11-18)12-17(16)20-13-15-6-3-2-4-7-15/h2-4,6-7,9-12H,5,8,13H2,1H3/i1D3. The van der Waals surface area contributed by atoms with E-state index in [2.05, 4.69) is 0 Å². The molecular weight excluding hydrogens is 252 g/mol. The number of hydrogen-bond donors (Lipinski definition) is 0. The van der Waals surface area contributed by atoms with Crippen LogP contribution in [0.3, 0.4) is 0 Å².